The molecule has 0 amide bonds. The van der Waals surface area contributed by atoms with Crippen molar-refractivity contribution >= 4 is 11.3 Å². The number of nitrogens with zero attached hydrogens (tertiary/aromatic N) is 9. The van der Waals surface area contributed by atoms with Gasteiger partial charge in [-0.3, -0.25) is 4.90 Å². The standard InChI is InChI=1S/C18H21N9/c1-12-3-5-15-19-21-17(26(15)23-12)11-25-9-7-14(8-10-25)18-22-20-16-6-4-13(2)24-27(16)18/h3-6,14H,7-11H2,1-2H3. The molecule has 0 N–H and O–H groups in total. The van der Waals surface area contributed by atoms with Crippen molar-refractivity contribution in [1.29, 1.82) is 0 Å². The lowest BCUT2D eigenvalue weighted by Gasteiger charge is -2.30. The third kappa shape index (κ3) is 2.93. The number of piperidine rings is 1. The van der Waals surface area contributed by atoms with E-state index in [4.69, 9.17) is 0 Å². The SMILES string of the molecule is Cc1ccc2nnc(CN3CCC(c4nnc5ccc(C)nn45)CC3)n2n1. The maximum Gasteiger partial charge on any atom is 0.177 e. The minimum atomic E-state index is 0.376. The van der Waals surface area contributed by atoms with E-state index in [2.05, 4.69) is 35.5 Å². The Kier molecular flexibility index (Phi) is 3.82. The summed E-state index contributed by atoms with van der Waals surface area (Å²) in [5.74, 6) is 2.23. The third-order valence-corrected chi connectivity index (χ3v) is 5.20. The Morgan fingerprint density at radius 2 is 1.44 bits per heavy atom. The van der Waals surface area contributed by atoms with E-state index in [1.807, 2.05) is 47.1 Å². The van der Waals surface area contributed by atoms with Gasteiger partial charge in [0, 0.05) is 5.92 Å². The topological polar surface area (TPSA) is 89.4 Å². The van der Waals surface area contributed by atoms with Crippen LogP contribution in [0.1, 0.15) is 41.8 Å². The van der Waals surface area contributed by atoms with E-state index in [1.165, 1.54) is 0 Å². The first kappa shape index (κ1) is 16.2. The molecule has 0 unspecified atom stereocenters. The molecule has 0 radical (unpaired) electrons. The van der Waals surface area contributed by atoms with Gasteiger partial charge in [0.15, 0.2) is 22.9 Å². The second kappa shape index (κ2) is 6.34. The summed E-state index contributed by atoms with van der Waals surface area (Å²) in [5.41, 5.74) is 3.54. The first-order chi connectivity index (χ1) is 13.2. The van der Waals surface area contributed by atoms with Crippen molar-refractivity contribution in [3.8, 4) is 0 Å². The summed E-state index contributed by atoms with van der Waals surface area (Å²) in [4.78, 5) is 2.40. The monoisotopic (exact) mass is 363 g/mol. The molecule has 0 saturated carbocycles. The van der Waals surface area contributed by atoms with Gasteiger partial charge in [-0.25, -0.2) is 0 Å². The highest BCUT2D eigenvalue weighted by Gasteiger charge is 2.26. The molecule has 1 aliphatic heterocycles. The number of rotatable bonds is 3. The van der Waals surface area contributed by atoms with Crippen molar-refractivity contribution in [2.45, 2.75) is 39.2 Å². The third-order valence-electron chi connectivity index (χ3n) is 5.20. The average Bonchev–Trinajstić information content (AvgIpc) is 3.26. The van der Waals surface area contributed by atoms with Crippen LogP contribution in [0.15, 0.2) is 24.3 Å². The molecule has 0 spiro atoms. The van der Waals surface area contributed by atoms with Crippen LogP contribution < -0.4 is 0 Å². The summed E-state index contributed by atoms with van der Waals surface area (Å²) in [6.45, 7) is 6.68. The van der Waals surface area contributed by atoms with E-state index < -0.39 is 0 Å². The van der Waals surface area contributed by atoms with Crippen LogP contribution in [-0.4, -0.2) is 57.6 Å². The van der Waals surface area contributed by atoms with Crippen molar-refractivity contribution in [3.05, 3.63) is 47.3 Å². The molecular weight excluding hydrogens is 342 g/mol. The Morgan fingerprint density at radius 3 is 2.19 bits per heavy atom. The summed E-state index contributed by atoms with van der Waals surface area (Å²) in [5, 5.41) is 26.3. The number of aryl methyl sites for hydroxylation is 2. The van der Waals surface area contributed by atoms with Crippen LogP contribution in [0.5, 0.6) is 0 Å². The summed E-state index contributed by atoms with van der Waals surface area (Å²) >= 11 is 0. The fourth-order valence-electron chi connectivity index (χ4n) is 3.72. The van der Waals surface area contributed by atoms with Crippen LogP contribution in [0.2, 0.25) is 0 Å². The van der Waals surface area contributed by atoms with Gasteiger partial charge in [0.1, 0.15) is 0 Å². The lowest BCUT2D eigenvalue weighted by molar-refractivity contribution is 0.195. The van der Waals surface area contributed by atoms with Crippen molar-refractivity contribution in [2.75, 3.05) is 13.1 Å². The Bertz CT molecular complexity index is 1100. The number of hydrogen-bond donors (Lipinski definition) is 0. The minimum absolute atomic E-state index is 0.376. The smallest absolute Gasteiger partial charge is 0.177 e. The normalized spacial score (nSPS) is 16.5. The Labute approximate surface area is 156 Å². The highest BCUT2D eigenvalue weighted by molar-refractivity contribution is 5.37. The van der Waals surface area contributed by atoms with Gasteiger partial charge in [-0.1, -0.05) is 0 Å². The van der Waals surface area contributed by atoms with Crippen LogP contribution in [0, 0.1) is 13.8 Å². The molecule has 1 saturated heterocycles. The second-order valence-corrected chi connectivity index (χ2v) is 7.21. The maximum atomic E-state index is 4.58. The molecule has 4 aromatic heterocycles. The molecule has 138 valence electrons. The average molecular weight is 363 g/mol. The number of likely N-dealkylation sites (tertiary alicyclic amines) is 1. The summed E-state index contributed by atoms with van der Waals surface area (Å²) in [7, 11) is 0. The molecule has 0 bridgehead atoms. The summed E-state index contributed by atoms with van der Waals surface area (Å²) in [6.07, 6.45) is 2.05. The van der Waals surface area contributed by atoms with Crippen LogP contribution in [0.3, 0.4) is 0 Å². The zero-order valence-corrected chi connectivity index (χ0v) is 15.4. The first-order valence-electron chi connectivity index (χ1n) is 9.26. The van der Waals surface area contributed by atoms with Crippen LogP contribution in [0.4, 0.5) is 0 Å². The maximum absolute atomic E-state index is 4.58. The van der Waals surface area contributed by atoms with E-state index in [0.717, 1.165) is 66.8 Å². The molecule has 1 fully saturated rings. The van der Waals surface area contributed by atoms with Gasteiger partial charge < -0.3 is 0 Å². The Morgan fingerprint density at radius 1 is 0.815 bits per heavy atom. The van der Waals surface area contributed by atoms with E-state index in [-0.39, 0.29) is 0 Å². The molecule has 9 heteroatoms. The van der Waals surface area contributed by atoms with E-state index in [0.29, 0.717) is 5.92 Å². The zero-order valence-electron chi connectivity index (χ0n) is 15.4. The molecular formula is C18H21N9. The van der Waals surface area contributed by atoms with Gasteiger partial charge in [-0.2, -0.15) is 19.2 Å². The van der Waals surface area contributed by atoms with Gasteiger partial charge in [0.25, 0.3) is 0 Å². The Balaban J connectivity index is 1.31. The molecule has 0 atom stereocenters. The molecule has 0 aromatic carbocycles. The van der Waals surface area contributed by atoms with E-state index >= 15 is 0 Å². The first-order valence-corrected chi connectivity index (χ1v) is 9.26. The Hall–Kier alpha value is -2.94. The predicted octanol–water partition coefficient (Wildman–Crippen LogP) is 1.56. The van der Waals surface area contributed by atoms with Crippen molar-refractivity contribution in [2.24, 2.45) is 0 Å². The van der Waals surface area contributed by atoms with Gasteiger partial charge in [-0.05, 0) is 64.0 Å². The molecule has 0 aliphatic carbocycles. The molecule has 5 heterocycles. The fraction of sp³-hybridized carbons (Fsp3) is 0.444. The van der Waals surface area contributed by atoms with Gasteiger partial charge in [0.2, 0.25) is 0 Å². The summed E-state index contributed by atoms with van der Waals surface area (Å²) in [6, 6.07) is 7.85. The van der Waals surface area contributed by atoms with Gasteiger partial charge >= 0.3 is 0 Å². The fourth-order valence-corrected chi connectivity index (χ4v) is 3.72. The van der Waals surface area contributed by atoms with Crippen molar-refractivity contribution < 1.29 is 0 Å². The molecule has 5 rings (SSSR count). The van der Waals surface area contributed by atoms with Gasteiger partial charge in [-0.15, -0.1) is 20.4 Å². The number of fused-ring (bicyclic) bond motifs is 2. The van der Waals surface area contributed by atoms with Crippen molar-refractivity contribution in [3.63, 3.8) is 0 Å². The quantitative estimate of drug-likeness (QED) is 0.546. The number of aromatic nitrogens is 8. The van der Waals surface area contributed by atoms with E-state index in [9.17, 15) is 0 Å². The van der Waals surface area contributed by atoms with Crippen LogP contribution in [0.25, 0.3) is 11.3 Å². The minimum Gasteiger partial charge on any atom is -0.296 e. The van der Waals surface area contributed by atoms with Gasteiger partial charge in [0.05, 0.1) is 17.9 Å². The van der Waals surface area contributed by atoms with E-state index in [1.54, 1.807) is 0 Å². The lowest BCUT2D eigenvalue weighted by Crippen LogP contribution is -2.33. The molecule has 1 aliphatic rings. The lowest BCUT2D eigenvalue weighted by atomic mass is 9.96. The largest absolute Gasteiger partial charge is 0.296 e. The van der Waals surface area contributed by atoms with Crippen molar-refractivity contribution in [1.82, 2.24) is 44.5 Å². The number of hydrogen-bond acceptors (Lipinski definition) is 7. The second-order valence-electron chi connectivity index (χ2n) is 7.21. The van der Waals surface area contributed by atoms with Crippen LogP contribution in [-0.2, 0) is 6.54 Å². The highest BCUT2D eigenvalue weighted by atomic mass is 15.4. The molecule has 9 nitrogen and oxygen atoms in total. The zero-order chi connectivity index (χ0) is 18.4. The highest BCUT2D eigenvalue weighted by Crippen LogP contribution is 2.27. The summed E-state index contributed by atoms with van der Waals surface area (Å²) < 4.78 is 3.74. The molecule has 27 heavy (non-hydrogen) atoms. The van der Waals surface area contributed by atoms with Crippen LogP contribution >= 0.6 is 0 Å². The molecule has 4 aromatic rings. The predicted molar refractivity (Wildman–Crippen MR) is 98.3 cm³/mol.